The second-order valence-corrected chi connectivity index (χ2v) is 6.20. The number of halogens is 1. The number of nitrogens with two attached hydrogens (primary N) is 1. The molecule has 0 fully saturated rings. The highest BCUT2D eigenvalue weighted by Crippen LogP contribution is 2.24. The minimum atomic E-state index is -0.392. The number of carbonyl (C=O) groups is 1. The van der Waals surface area contributed by atoms with Gasteiger partial charge in [-0.1, -0.05) is 43.7 Å². The number of carbonyl (C=O) groups excluding carboxylic acids is 1. The summed E-state index contributed by atoms with van der Waals surface area (Å²) < 4.78 is 11.3. The number of benzene rings is 2. The van der Waals surface area contributed by atoms with E-state index in [9.17, 15) is 4.79 Å². The van der Waals surface area contributed by atoms with Crippen LogP contribution in [0.1, 0.15) is 35.3 Å². The lowest BCUT2D eigenvalue weighted by molar-refractivity contribution is 0.0461. The van der Waals surface area contributed by atoms with Crippen LogP contribution in [0.3, 0.4) is 0 Å². The highest BCUT2D eigenvalue weighted by Gasteiger charge is 2.15. The molecule has 0 heterocycles. The largest absolute Gasteiger partial charge is 0.488 e. The first kappa shape index (κ1) is 22.8. The summed E-state index contributed by atoms with van der Waals surface area (Å²) in [5.74, 6) is 0.0516. The number of ether oxygens (including phenoxy) is 2. The maximum absolute atomic E-state index is 12.4. The first-order valence-electron chi connectivity index (χ1n) is 9.00. The molecule has 0 atom stereocenters. The highest BCUT2D eigenvalue weighted by molar-refractivity contribution is 5.93. The quantitative estimate of drug-likeness (QED) is 0.514. The molecule has 0 aliphatic heterocycles. The Morgan fingerprint density at radius 2 is 1.85 bits per heavy atom. The molecular formula is C21H29ClN2O3. The van der Waals surface area contributed by atoms with E-state index in [0.717, 1.165) is 24.2 Å². The van der Waals surface area contributed by atoms with Crippen LogP contribution in [-0.2, 0) is 11.3 Å². The normalized spacial score (nSPS) is 10.4. The molecule has 27 heavy (non-hydrogen) atoms. The molecule has 148 valence electrons. The van der Waals surface area contributed by atoms with Crippen molar-refractivity contribution in [2.45, 2.75) is 27.4 Å². The van der Waals surface area contributed by atoms with E-state index in [0.29, 0.717) is 36.8 Å². The van der Waals surface area contributed by atoms with Crippen molar-refractivity contribution in [1.29, 1.82) is 0 Å². The summed E-state index contributed by atoms with van der Waals surface area (Å²) in [6.45, 7) is 9.50. The molecule has 6 heteroatoms. The lowest BCUT2D eigenvalue weighted by Crippen LogP contribution is -2.28. The van der Waals surface area contributed by atoms with Gasteiger partial charge >= 0.3 is 5.97 Å². The summed E-state index contributed by atoms with van der Waals surface area (Å²) in [6, 6.07) is 13.0. The monoisotopic (exact) mass is 392 g/mol. The van der Waals surface area contributed by atoms with Crippen molar-refractivity contribution in [3.05, 3.63) is 59.2 Å². The van der Waals surface area contributed by atoms with Crippen LogP contribution in [0, 0.1) is 6.92 Å². The van der Waals surface area contributed by atoms with Gasteiger partial charge in [-0.15, -0.1) is 12.4 Å². The zero-order valence-electron chi connectivity index (χ0n) is 16.2. The summed E-state index contributed by atoms with van der Waals surface area (Å²) in [5, 5.41) is 0. The Balaban J connectivity index is 0.00000364. The maximum Gasteiger partial charge on any atom is 0.341 e. The number of rotatable bonds is 9. The van der Waals surface area contributed by atoms with Gasteiger partial charge in [-0.3, -0.25) is 0 Å². The third-order valence-electron chi connectivity index (χ3n) is 4.24. The van der Waals surface area contributed by atoms with E-state index in [1.807, 2.05) is 31.2 Å². The van der Waals surface area contributed by atoms with Gasteiger partial charge in [-0.05, 0) is 37.7 Å². The Labute approximate surface area is 167 Å². The third-order valence-corrected chi connectivity index (χ3v) is 4.24. The molecule has 2 N–H and O–H groups in total. The van der Waals surface area contributed by atoms with Crippen LogP contribution in [-0.4, -0.2) is 37.1 Å². The van der Waals surface area contributed by atoms with E-state index in [4.69, 9.17) is 15.2 Å². The van der Waals surface area contributed by atoms with Gasteiger partial charge in [0.2, 0.25) is 0 Å². The molecule has 5 nitrogen and oxygen atoms in total. The number of hydrogen-bond acceptors (Lipinski definition) is 5. The molecule has 0 unspecified atom stereocenters. The average molecular weight is 393 g/mol. The number of nitrogens with zero attached hydrogens (tertiary/aromatic N) is 1. The summed E-state index contributed by atoms with van der Waals surface area (Å²) >= 11 is 0. The highest BCUT2D eigenvalue weighted by atomic mass is 35.5. The molecule has 2 rings (SSSR count). The Bertz CT molecular complexity index is 733. The van der Waals surface area contributed by atoms with Crippen LogP contribution in [0.4, 0.5) is 5.69 Å². The first-order chi connectivity index (χ1) is 12.5. The van der Waals surface area contributed by atoms with Crippen molar-refractivity contribution in [3.63, 3.8) is 0 Å². The van der Waals surface area contributed by atoms with E-state index in [2.05, 4.69) is 18.7 Å². The molecule has 0 aliphatic carbocycles. The zero-order chi connectivity index (χ0) is 18.9. The third kappa shape index (κ3) is 7.12. The maximum atomic E-state index is 12.4. The molecule has 0 bridgehead atoms. The van der Waals surface area contributed by atoms with Crippen molar-refractivity contribution in [2.75, 3.05) is 32.0 Å². The smallest absolute Gasteiger partial charge is 0.341 e. The minimum Gasteiger partial charge on any atom is -0.488 e. The number of nitrogen functional groups attached to an aromatic ring is 1. The van der Waals surface area contributed by atoms with Crippen LogP contribution < -0.4 is 10.5 Å². The predicted octanol–water partition coefficient (Wildman–Crippen LogP) is 4.08. The molecular weight excluding hydrogens is 364 g/mol. The van der Waals surface area contributed by atoms with Crippen molar-refractivity contribution >= 4 is 24.1 Å². The van der Waals surface area contributed by atoms with Crippen LogP contribution in [0.2, 0.25) is 0 Å². The molecule has 0 aromatic heterocycles. The number of likely N-dealkylation sites (N-methyl/N-ethyl adjacent to an activating group) is 1. The van der Waals surface area contributed by atoms with E-state index < -0.39 is 5.97 Å². The van der Waals surface area contributed by atoms with Gasteiger partial charge in [-0.25, -0.2) is 4.79 Å². The van der Waals surface area contributed by atoms with Crippen LogP contribution >= 0.6 is 12.4 Å². The van der Waals surface area contributed by atoms with Crippen molar-refractivity contribution < 1.29 is 14.3 Å². The number of esters is 1. The van der Waals surface area contributed by atoms with Crippen molar-refractivity contribution in [2.24, 2.45) is 0 Å². The van der Waals surface area contributed by atoms with Gasteiger partial charge in [0.25, 0.3) is 0 Å². The SMILES string of the molecule is CCN(CC)CCOC(=O)c1ccc(N)cc1OCc1cccc(C)c1.Cl. The van der Waals surface area contributed by atoms with Crippen molar-refractivity contribution in [3.8, 4) is 5.75 Å². The van der Waals surface area contributed by atoms with Gasteiger partial charge in [-0.2, -0.15) is 0 Å². The Morgan fingerprint density at radius 1 is 1.11 bits per heavy atom. The molecule has 0 saturated heterocycles. The van der Waals surface area contributed by atoms with Gasteiger partial charge in [0.15, 0.2) is 0 Å². The lowest BCUT2D eigenvalue weighted by Gasteiger charge is -2.18. The minimum absolute atomic E-state index is 0. The van der Waals surface area contributed by atoms with Crippen LogP contribution in [0.5, 0.6) is 5.75 Å². The number of hydrogen-bond donors (Lipinski definition) is 1. The summed E-state index contributed by atoms with van der Waals surface area (Å²) in [7, 11) is 0. The lowest BCUT2D eigenvalue weighted by atomic mass is 10.1. The number of anilines is 1. The Hall–Kier alpha value is -2.24. The van der Waals surface area contributed by atoms with E-state index in [1.165, 1.54) is 0 Å². The van der Waals surface area contributed by atoms with E-state index in [1.54, 1.807) is 18.2 Å². The predicted molar refractivity (Wildman–Crippen MR) is 112 cm³/mol. The second kappa shape index (κ2) is 11.5. The molecule has 0 aliphatic rings. The van der Waals surface area contributed by atoms with Crippen LogP contribution in [0.25, 0.3) is 0 Å². The summed E-state index contributed by atoms with van der Waals surface area (Å²) in [5.41, 5.74) is 9.00. The zero-order valence-corrected chi connectivity index (χ0v) is 17.1. The van der Waals surface area contributed by atoms with Gasteiger partial charge in [0.1, 0.15) is 24.5 Å². The van der Waals surface area contributed by atoms with Crippen LogP contribution in [0.15, 0.2) is 42.5 Å². The topological polar surface area (TPSA) is 64.8 Å². The fraction of sp³-hybridized carbons (Fsp3) is 0.381. The molecule has 0 radical (unpaired) electrons. The Morgan fingerprint density at radius 3 is 2.52 bits per heavy atom. The molecule has 0 saturated carbocycles. The molecule has 2 aromatic carbocycles. The Kier molecular flexibility index (Phi) is 9.68. The second-order valence-electron chi connectivity index (χ2n) is 6.20. The van der Waals surface area contributed by atoms with Gasteiger partial charge in [0, 0.05) is 18.3 Å². The molecule has 0 spiro atoms. The van der Waals surface area contributed by atoms with E-state index >= 15 is 0 Å². The standard InChI is InChI=1S/C21H28N2O3.ClH/c1-4-23(5-2)11-12-25-21(24)19-10-9-18(22)14-20(19)26-15-17-8-6-7-16(3)13-17;/h6-10,13-14H,4-5,11-12,15,22H2,1-3H3;1H. The first-order valence-corrected chi connectivity index (χ1v) is 9.00. The van der Waals surface area contributed by atoms with Crippen molar-refractivity contribution in [1.82, 2.24) is 4.90 Å². The molecule has 2 aromatic rings. The van der Waals surface area contributed by atoms with Gasteiger partial charge in [0.05, 0.1) is 0 Å². The fourth-order valence-corrected chi connectivity index (χ4v) is 2.68. The fourth-order valence-electron chi connectivity index (χ4n) is 2.68. The van der Waals surface area contributed by atoms with Gasteiger partial charge < -0.3 is 20.1 Å². The summed E-state index contributed by atoms with van der Waals surface area (Å²) in [6.07, 6.45) is 0. The summed E-state index contributed by atoms with van der Waals surface area (Å²) in [4.78, 5) is 14.6. The molecule has 0 amide bonds. The number of aryl methyl sites for hydroxylation is 1. The van der Waals surface area contributed by atoms with E-state index in [-0.39, 0.29) is 12.4 Å². The average Bonchev–Trinajstić information content (AvgIpc) is 2.63.